The Kier molecular flexibility index (Phi) is 9.82. The molecule has 3 aromatic carbocycles. The first kappa shape index (κ1) is 37.1. The number of rotatable bonds is 7. The number of alkyl halides is 9. The van der Waals surface area contributed by atoms with Crippen LogP contribution in [0.15, 0.2) is 79.1 Å². The van der Waals surface area contributed by atoms with Crippen LogP contribution in [0.3, 0.4) is 0 Å². The molecule has 51 heavy (non-hydrogen) atoms. The highest BCUT2D eigenvalue weighted by Crippen LogP contribution is 2.52. The van der Waals surface area contributed by atoms with E-state index in [1.165, 1.54) is 6.92 Å². The lowest BCUT2D eigenvalue weighted by Crippen LogP contribution is -2.61. The number of esters is 1. The van der Waals surface area contributed by atoms with Crippen LogP contribution in [0.25, 0.3) is 0 Å². The highest BCUT2D eigenvalue weighted by Gasteiger charge is 2.49. The largest absolute Gasteiger partial charge is 0.465 e. The van der Waals surface area contributed by atoms with Crippen molar-refractivity contribution < 1.29 is 58.9 Å². The number of carbonyl (C=O) groups excluding carboxylic acids is 1. The highest BCUT2D eigenvalue weighted by atomic mass is 19.4. The van der Waals surface area contributed by atoms with Gasteiger partial charge in [-0.15, -0.1) is 0 Å². The maximum Gasteiger partial charge on any atom is 0.416 e. The summed E-state index contributed by atoms with van der Waals surface area (Å²) < 4.78 is 132. The first-order chi connectivity index (χ1) is 23.7. The van der Waals surface area contributed by atoms with Gasteiger partial charge in [0.25, 0.3) is 0 Å². The number of aromatic nitrogens is 2. The summed E-state index contributed by atoms with van der Waals surface area (Å²) in [6, 6.07) is 11.1. The summed E-state index contributed by atoms with van der Waals surface area (Å²) in [4.78, 5) is 34.0. The number of carbonyl (C=O) groups is 2. The van der Waals surface area contributed by atoms with E-state index in [2.05, 4.69) is 9.97 Å². The van der Waals surface area contributed by atoms with Gasteiger partial charge in [-0.05, 0) is 65.9 Å². The lowest BCUT2D eigenvalue weighted by molar-refractivity contribution is -0.143. The van der Waals surface area contributed by atoms with Gasteiger partial charge in [0.2, 0.25) is 0 Å². The van der Waals surface area contributed by atoms with E-state index in [0.29, 0.717) is 34.7 Å². The molecule has 8 nitrogen and oxygen atoms in total. The SMILES string of the molecule is CC[C@]1(N)C[C@@H](C(c2cc(C(F)(F)F)cc(C(F)(F)F)c2)c2ncc(C(=O)OCc3ccccc3)cn2)c2cc(C(F)(F)F)ccc2N1C(=O)O. The van der Waals surface area contributed by atoms with Gasteiger partial charge in [-0.25, -0.2) is 19.6 Å². The fourth-order valence-corrected chi connectivity index (χ4v) is 6.08. The second-order valence-electron chi connectivity index (χ2n) is 11.9. The summed E-state index contributed by atoms with van der Waals surface area (Å²) >= 11 is 0. The molecule has 1 amide bonds. The maximum absolute atomic E-state index is 14.1. The average Bonchev–Trinajstić information content (AvgIpc) is 3.06. The molecule has 17 heteroatoms. The Hall–Kier alpha value is -5.19. The minimum atomic E-state index is -5.30. The average molecular weight is 727 g/mol. The number of nitrogens with zero attached hydrogens (tertiary/aromatic N) is 3. The smallest absolute Gasteiger partial charge is 0.416 e. The van der Waals surface area contributed by atoms with E-state index in [1.54, 1.807) is 30.3 Å². The third kappa shape index (κ3) is 7.77. The predicted octanol–water partition coefficient (Wildman–Crippen LogP) is 8.76. The van der Waals surface area contributed by atoms with E-state index in [0.717, 1.165) is 18.5 Å². The van der Waals surface area contributed by atoms with Crippen molar-refractivity contribution in [2.24, 2.45) is 5.73 Å². The number of benzene rings is 3. The van der Waals surface area contributed by atoms with Gasteiger partial charge in [-0.3, -0.25) is 4.90 Å². The summed E-state index contributed by atoms with van der Waals surface area (Å²) in [5.74, 6) is -4.72. The van der Waals surface area contributed by atoms with Gasteiger partial charge >= 0.3 is 30.6 Å². The molecule has 0 fully saturated rings. The summed E-state index contributed by atoms with van der Waals surface area (Å²) in [5.41, 5.74) is -1.19. The predicted molar refractivity (Wildman–Crippen MR) is 162 cm³/mol. The molecular formula is C34H27F9N4O4. The van der Waals surface area contributed by atoms with Crippen molar-refractivity contribution in [3.8, 4) is 0 Å². The summed E-state index contributed by atoms with van der Waals surface area (Å²) in [7, 11) is 0. The molecule has 0 saturated carbocycles. The van der Waals surface area contributed by atoms with Crippen molar-refractivity contribution in [3.05, 3.63) is 124 Å². The van der Waals surface area contributed by atoms with Crippen LogP contribution in [0.4, 0.5) is 50.0 Å². The van der Waals surface area contributed by atoms with Gasteiger partial charge < -0.3 is 15.6 Å². The Morgan fingerprint density at radius 1 is 0.882 bits per heavy atom. The molecule has 0 bridgehead atoms. The fraction of sp³-hybridized carbons (Fsp3) is 0.294. The Balaban J connectivity index is 1.73. The number of hydrogen-bond donors (Lipinski definition) is 2. The summed E-state index contributed by atoms with van der Waals surface area (Å²) in [6.45, 7) is 1.29. The number of amides is 1. The molecular weight excluding hydrogens is 699 g/mol. The summed E-state index contributed by atoms with van der Waals surface area (Å²) in [5, 5.41) is 10.1. The molecule has 1 aromatic heterocycles. The normalized spacial score (nSPS) is 18.6. The molecule has 1 unspecified atom stereocenters. The first-order valence-corrected chi connectivity index (χ1v) is 15.1. The van der Waals surface area contributed by atoms with Crippen LogP contribution >= 0.6 is 0 Å². The number of fused-ring (bicyclic) bond motifs is 1. The van der Waals surface area contributed by atoms with Gasteiger partial charge in [0.1, 0.15) is 12.4 Å². The minimum Gasteiger partial charge on any atom is -0.465 e. The minimum absolute atomic E-state index is 0.116. The number of anilines is 1. The van der Waals surface area contributed by atoms with Crippen molar-refractivity contribution in [2.45, 2.75) is 62.4 Å². The van der Waals surface area contributed by atoms with Crippen LogP contribution in [-0.4, -0.2) is 32.8 Å². The van der Waals surface area contributed by atoms with Crippen LogP contribution in [0, 0.1) is 0 Å². The molecule has 0 radical (unpaired) electrons. The van der Waals surface area contributed by atoms with E-state index in [9.17, 15) is 54.2 Å². The molecule has 2 heterocycles. The Morgan fingerprint density at radius 3 is 1.96 bits per heavy atom. The quantitative estimate of drug-likeness (QED) is 0.144. The van der Waals surface area contributed by atoms with E-state index in [-0.39, 0.29) is 30.3 Å². The topological polar surface area (TPSA) is 119 Å². The van der Waals surface area contributed by atoms with Crippen molar-refractivity contribution in [2.75, 3.05) is 4.90 Å². The second kappa shape index (κ2) is 13.5. The number of ether oxygens (including phenoxy) is 1. The number of hydrogen-bond acceptors (Lipinski definition) is 6. The van der Waals surface area contributed by atoms with E-state index >= 15 is 0 Å². The molecule has 270 valence electrons. The molecule has 0 aliphatic carbocycles. The van der Waals surface area contributed by atoms with Crippen LogP contribution in [-0.2, 0) is 29.9 Å². The van der Waals surface area contributed by atoms with Crippen molar-refractivity contribution in [1.29, 1.82) is 0 Å². The molecule has 4 aromatic rings. The van der Waals surface area contributed by atoms with E-state index in [1.807, 2.05) is 0 Å². The van der Waals surface area contributed by atoms with Gasteiger partial charge in [-0.2, -0.15) is 39.5 Å². The zero-order valence-electron chi connectivity index (χ0n) is 26.3. The monoisotopic (exact) mass is 726 g/mol. The van der Waals surface area contributed by atoms with Gasteiger partial charge in [-0.1, -0.05) is 37.3 Å². The second-order valence-corrected chi connectivity index (χ2v) is 11.9. The van der Waals surface area contributed by atoms with Crippen LogP contribution < -0.4 is 10.6 Å². The third-order valence-electron chi connectivity index (χ3n) is 8.59. The molecule has 3 N–H and O–H groups in total. The molecule has 1 aliphatic rings. The first-order valence-electron chi connectivity index (χ1n) is 15.1. The van der Waals surface area contributed by atoms with Crippen molar-refractivity contribution in [3.63, 3.8) is 0 Å². The van der Waals surface area contributed by atoms with Gasteiger partial charge in [0.05, 0.1) is 39.5 Å². The standard InChI is InChI=1S/C34H27F9N4O4/c1-2-31(44)14-25(24-13-21(32(35,36)37)8-9-26(24)47(31)30(49)50)27(19-10-22(33(38,39)40)12-23(11-19)34(41,42)43)28-45-15-20(16-46-28)29(48)51-17-18-6-4-3-5-7-18/h3-13,15-16,25,27H,2,14,17,44H2,1H3,(H,49,50)/t25-,27?,31-/m1/s1. The molecule has 0 spiro atoms. The third-order valence-corrected chi connectivity index (χ3v) is 8.59. The van der Waals surface area contributed by atoms with Crippen molar-refractivity contribution >= 4 is 17.7 Å². The molecule has 5 rings (SSSR count). The Morgan fingerprint density at radius 2 is 1.45 bits per heavy atom. The van der Waals surface area contributed by atoms with Crippen LogP contribution in [0.2, 0.25) is 0 Å². The zero-order valence-corrected chi connectivity index (χ0v) is 26.3. The Bertz CT molecular complexity index is 1880. The van der Waals surface area contributed by atoms with Gasteiger partial charge in [0.15, 0.2) is 0 Å². The lowest BCUT2D eigenvalue weighted by atomic mass is 9.71. The Labute approximate surface area is 283 Å². The number of nitrogens with two attached hydrogens (primary N) is 1. The maximum atomic E-state index is 14.1. The van der Waals surface area contributed by atoms with E-state index < -0.39 is 88.2 Å². The highest BCUT2D eigenvalue weighted by molar-refractivity contribution is 5.90. The van der Waals surface area contributed by atoms with Crippen LogP contribution in [0.1, 0.15) is 81.2 Å². The number of halogens is 9. The summed E-state index contributed by atoms with van der Waals surface area (Å²) in [6.07, 6.45) is -16.2. The van der Waals surface area contributed by atoms with Crippen LogP contribution in [0.5, 0.6) is 0 Å². The molecule has 3 atom stereocenters. The van der Waals surface area contributed by atoms with E-state index in [4.69, 9.17) is 10.5 Å². The number of carboxylic acid groups (broad SMARTS) is 1. The van der Waals surface area contributed by atoms with Crippen molar-refractivity contribution in [1.82, 2.24) is 9.97 Å². The van der Waals surface area contributed by atoms with Gasteiger partial charge in [0, 0.05) is 18.3 Å². The fourth-order valence-electron chi connectivity index (χ4n) is 6.08. The molecule has 1 aliphatic heterocycles. The lowest BCUT2D eigenvalue weighted by Gasteiger charge is -2.48. The molecule has 0 saturated heterocycles. The zero-order chi connectivity index (χ0) is 37.5.